The van der Waals surface area contributed by atoms with Crippen LogP contribution < -0.4 is 0 Å². The van der Waals surface area contributed by atoms with E-state index in [2.05, 4.69) is 6.92 Å². The number of hydrogen-bond donors (Lipinski definition) is 0. The summed E-state index contributed by atoms with van der Waals surface area (Å²) in [5.41, 5.74) is 1.88. The van der Waals surface area contributed by atoms with Crippen LogP contribution in [0.4, 0.5) is 0 Å². The first-order valence-corrected chi connectivity index (χ1v) is 5.44. The minimum absolute atomic E-state index is 0.484. The Kier molecular flexibility index (Phi) is 2.38. The van der Waals surface area contributed by atoms with Gasteiger partial charge in [-0.1, -0.05) is 6.92 Å². The zero-order valence-electron chi connectivity index (χ0n) is 9.01. The molecule has 0 amide bonds. The molecule has 78 valence electrons. The fourth-order valence-electron chi connectivity index (χ4n) is 3.00. The molecule has 14 heavy (non-hydrogen) atoms. The molecule has 3 aliphatic carbocycles. The molecular formula is C12H18O2. The normalized spacial score (nSPS) is 39.4. The number of rotatable bonds is 2. The van der Waals surface area contributed by atoms with Gasteiger partial charge in [0.05, 0.1) is 0 Å². The third-order valence-corrected chi connectivity index (χ3v) is 3.98. The molecule has 0 saturated heterocycles. The van der Waals surface area contributed by atoms with Gasteiger partial charge in [-0.05, 0) is 55.9 Å². The number of fused-ring (bicyclic) bond motifs is 3. The Bertz CT molecular complexity index is 270. The van der Waals surface area contributed by atoms with Crippen LogP contribution in [0.3, 0.4) is 0 Å². The summed E-state index contributed by atoms with van der Waals surface area (Å²) in [5, 5.41) is 0. The Hall–Kier alpha value is -0.790. The Balaban J connectivity index is 2.22. The molecular weight excluding hydrogens is 176 g/mol. The molecule has 2 bridgehead atoms. The highest BCUT2D eigenvalue weighted by Crippen LogP contribution is 2.53. The van der Waals surface area contributed by atoms with Crippen molar-refractivity contribution in [2.75, 3.05) is 0 Å². The maximum Gasteiger partial charge on any atom is 0.298 e. The second-order valence-electron chi connectivity index (χ2n) is 5.06. The van der Waals surface area contributed by atoms with Crippen molar-refractivity contribution in [2.24, 2.45) is 11.3 Å². The summed E-state index contributed by atoms with van der Waals surface area (Å²) >= 11 is 0. The molecule has 3 aliphatic rings. The van der Waals surface area contributed by atoms with Crippen molar-refractivity contribution in [2.45, 2.75) is 46.0 Å². The van der Waals surface area contributed by atoms with Crippen LogP contribution in [0.2, 0.25) is 0 Å². The molecule has 0 aliphatic heterocycles. The van der Waals surface area contributed by atoms with Gasteiger partial charge in [0, 0.05) is 0 Å². The molecule has 0 N–H and O–H groups in total. The van der Waals surface area contributed by atoms with Crippen LogP contribution >= 0.6 is 0 Å². The van der Waals surface area contributed by atoms with Gasteiger partial charge in [0.2, 0.25) is 0 Å². The first kappa shape index (κ1) is 9.75. The molecule has 3 rings (SSSR count). The number of allylic oxidation sites excluding steroid dienone is 2. The number of carbonyl (C=O) groups excluding carboxylic acids is 1. The first-order valence-electron chi connectivity index (χ1n) is 5.44. The molecule has 0 unspecified atom stereocenters. The van der Waals surface area contributed by atoms with Crippen LogP contribution in [-0.2, 0) is 9.53 Å². The topological polar surface area (TPSA) is 26.3 Å². The van der Waals surface area contributed by atoms with Crippen molar-refractivity contribution in [1.82, 2.24) is 0 Å². The predicted octanol–water partition coefficient (Wildman–Crippen LogP) is 3.03. The van der Waals surface area contributed by atoms with Crippen molar-refractivity contribution < 1.29 is 9.53 Å². The Morgan fingerprint density at radius 1 is 1.50 bits per heavy atom. The van der Waals surface area contributed by atoms with Crippen LogP contribution in [0.5, 0.6) is 0 Å². The number of ether oxygens (including phenoxy) is 1. The van der Waals surface area contributed by atoms with Crippen LogP contribution in [0.1, 0.15) is 46.0 Å². The zero-order valence-corrected chi connectivity index (χ0v) is 9.01. The van der Waals surface area contributed by atoms with Gasteiger partial charge in [0.1, 0.15) is 5.76 Å². The summed E-state index contributed by atoms with van der Waals surface area (Å²) in [6, 6.07) is 0. The molecule has 2 nitrogen and oxygen atoms in total. The standard InChI is InChI=1S/C12H18O2/c1-9(14-8-13)11-7-12(2)5-3-10(11)4-6-12/h8,10H,3-7H2,1-2H3/b11-9+. The van der Waals surface area contributed by atoms with Gasteiger partial charge in [0.15, 0.2) is 0 Å². The molecule has 0 radical (unpaired) electrons. The van der Waals surface area contributed by atoms with Crippen molar-refractivity contribution in [3.8, 4) is 0 Å². The number of carbonyl (C=O) groups is 1. The van der Waals surface area contributed by atoms with E-state index in [1.807, 2.05) is 6.92 Å². The van der Waals surface area contributed by atoms with Crippen molar-refractivity contribution >= 4 is 6.47 Å². The third-order valence-electron chi connectivity index (χ3n) is 3.98. The summed E-state index contributed by atoms with van der Waals surface area (Å²) in [4.78, 5) is 10.3. The molecule has 0 heterocycles. The lowest BCUT2D eigenvalue weighted by Crippen LogP contribution is -2.33. The van der Waals surface area contributed by atoms with E-state index in [1.165, 1.54) is 31.3 Å². The van der Waals surface area contributed by atoms with E-state index in [4.69, 9.17) is 4.74 Å². The highest BCUT2D eigenvalue weighted by Gasteiger charge is 2.40. The summed E-state index contributed by atoms with van der Waals surface area (Å²) < 4.78 is 4.98. The van der Waals surface area contributed by atoms with E-state index in [1.54, 1.807) is 0 Å². The molecule has 2 heteroatoms. The quantitative estimate of drug-likeness (QED) is 0.499. The maximum absolute atomic E-state index is 10.3. The van der Waals surface area contributed by atoms with Crippen LogP contribution in [0, 0.1) is 11.3 Å². The summed E-state index contributed by atoms with van der Waals surface area (Å²) in [7, 11) is 0. The van der Waals surface area contributed by atoms with Gasteiger partial charge in [-0.3, -0.25) is 4.79 Å². The minimum atomic E-state index is 0.484. The van der Waals surface area contributed by atoms with Gasteiger partial charge < -0.3 is 4.74 Å². The molecule has 3 saturated carbocycles. The van der Waals surface area contributed by atoms with Crippen LogP contribution in [0.15, 0.2) is 11.3 Å². The summed E-state index contributed by atoms with van der Waals surface area (Å²) in [6.07, 6.45) is 6.39. The van der Waals surface area contributed by atoms with Crippen molar-refractivity contribution in [1.29, 1.82) is 0 Å². The van der Waals surface area contributed by atoms with Gasteiger partial charge in [-0.15, -0.1) is 0 Å². The van der Waals surface area contributed by atoms with E-state index >= 15 is 0 Å². The highest BCUT2D eigenvalue weighted by molar-refractivity contribution is 5.40. The monoisotopic (exact) mass is 194 g/mol. The fourth-order valence-corrected chi connectivity index (χ4v) is 3.00. The van der Waals surface area contributed by atoms with Gasteiger partial charge in [0.25, 0.3) is 6.47 Å². The average molecular weight is 194 g/mol. The first-order chi connectivity index (χ1) is 6.64. The average Bonchev–Trinajstić information content (AvgIpc) is 2.18. The molecule has 0 aromatic heterocycles. The van der Waals surface area contributed by atoms with E-state index in [0.717, 1.165) is 12.2 Å². The molecule has 3 fully saturated rings. The Morgan fingerprint density at radius 3 is 2.64 bits per heavy atom. The maximum atomic E-state index is 10.3. The molecule has 0 atom stereocenters. The Morgan fingerprint density at radius 2 is 2.14 bits per heavy atom. The SMILES string of the molecule is C/C(OC=O)=C1/CC2(C)CCC1CC2. The summed E-state index contributed by atoms with van der Waals surface area (Å²) in [5.74, 6) is 1.55. The van der Waals surface area contributed by atoms with E-state index < -0.39 is 0 Å². The smallest absolute Gasteiger partial charge is 0.298 e. The second kappa shape index (κ2) is 3.41. The molecule has 0 aromatic rings. The predicted molar refractivity (Wildman–Crippen MR) is 54.5 cm³/mol. The van der Waals surface area contributed by atoms with Crippen molar-refractivity contribution in [3.63, 3.8) is 0 Å². The van der Waals surface area contributed by atoms with Gasteiger partial charge in [-0.2, -0.15) is 0 Å². The molecule has 0 spiro atoms. The van der Waals surface area contributed by atoms with E-state index in [0.29, 0.717) is 17.8 Å². The van der Waals surface area contributed by atoms with E-state index in [9.17, 15) is 4.79 Å². The van der Waals surface area contributed by atoms with Crippen LogP contribution in [0.25, 0.3) is 0 Å². The van der Waals surface area contributed by atoms with Gasteiger partial charge in [-0.25, -0.2) is 0 Å². The van der Waals surface area contributed by atoms with E-state index in [-0.39, 0.29) is 0 Å². The zero-order chi connectivity index (χ0) is 10.2. The highest BCUT2D eigenvalue weighted by atomic mass is 16.5. The lowest BCUT2D eigenvalue weighted by molar-refractivity contribution is -0.125. The Labute approximate surface area is 85.3 Å². The number of hydrogen-bond acceptors (Lipinski definition) is 2. The third kappa shape index (κ3) is 1.58. The van der Waals surface area contributed by atoms with Gasteiger partial charge >= 0.3 is 0 Å². The van der Waals surface area contributed by atoms with Crippen molar-refractivity contribution in [3.05, 3.63) is 11.3 Å². The fraction of sp³-hybridized carbons (Fsp3) is 0.750. The largest absolute Gasteiger partial charge is 0.434 e. The lowest BCUT2D eigenvalue weighted by Gasteiger charge is -2.46. The van der Waals surface area contributed by atoms with Crippen LogP contribution in [-0.4, -0.2) is 6.47 Å². The molecule has 0 aromatic carbocycles. The minimum Gasteiger partial charge on any atom is -0.434 e. The second-order valence-corrected chi connectivity index (χ2v) is 5.06. The lowest BCUT2D eigenvalue weighted by atomic mass is 9.59. The summed E-state index contributed by atoms with van der Waals surface area (Å²) in [6.45, 7) is 4.83.